The maximum atomic E-state index is 15.0. The fourth-order valence-corrected chi connectivity index (χ4v) is 19.5. The number of pyridine rings is 2. The Bertz CT molecular complexity index is 6120. The first-order valence-corrected chi connectivity index (χ1v) is 47.1. The normalized spacial score (nSPS) is 14.6. The Kier molecular flexibility index (Phi) is 36.9. The van der Waals surface area contributed by atoms with Crippen molar-refractivity contribution >= 4 is 135 Å². The van der Waals surface area contributed by atoms with Crippen molar-refractivity contribution in [3.63, 3.8) is 0 Å². The quantitative estimate of drug-likeness (QED) is 0.0119. The second-order valence-corrected chi connectivity index (χ2v) is 37.2. The van der Waals surface area contributed by atoms with E-state index in [0.717, 1.165) is 18.1 Å². The van der Waals surface area contributed by atoms with Crippen LogP contribution in [0.2, 0.25) is 0 Å². The zero-order valence-electron chi connectivity index (χ0n) is 74.8. The summed E-state index contributed by atoms with van der Waals surface area (Å²) in [6.07, 6.45) is 8.14. The summed E-state index contributed by atoms with van der Waals surface area (Å²) >= 11 is 0. The number of H-pyrrole nitrogens is 2. The van der Waals surface area contributed by atoms with Gasteiger partial charge in [0, 0.05) is 153 Å². The molecule has 49 heteroatoms. The van der Waals surface area contributed by atoms with Crippen molar-refractivity contribution in [2.75, 3.05) is 121 Å². The van der Waals surface area contributed by atoms with Crippen molar-refractivity contribution in [2.24, 2.45) is 0 Å². The number of Topliss-reactive ketones (excluding diaryl/α,β-unsaturated/α-hetero) is 1. The summed E-state index contributed by atoms with van der Waals surface area (Å²) in [4.78, 5) is 212. The summed E-state index contributed by atoms with van der Waals surface area (Å²) < 4.78 is 98.7. The summed E-state index contributed by atoms with van der Waals surface area (Å²) in [6, 6.07) is 5.96. The summed E-state index contributed by atoms with van der Waals surface area (Å²) in [5.41, 5.74) is 2.11. The molecule has 1 saturated heterocycles. The highest BCUT2D eigenvalue weighted by molar-refractivity contribution is 7.90. The van der Waals surface area contributed by atoms with Crippen molar-refractivity contribution in [3.8, 4) is 0 Å². The van der Waals surface area contributed by atoms with Gasteiger partial charge in [0.05, 0.1) is 53.0 Å². The number of carbonyl (C=O) groups excluding carboxylic acids is 8. The van der Waals surface area contributed by atoms with E-state index in [1.165, 1.54) is 86.4 Å². The van der Waals surface area contributed by atoms with Crippen LogP contribution in [0.15, 0.2) is 117 Å². The van der Waals surface area contributed by atoms with Crippen LogP contribution in [0.1, 0.15) is 98.3 Å². The molecule has 0 radical (unpaired) electrons. The number of hydrogen-bond acceptors (Lipinski definition) is 28. The molecular formula is C85H111N21O25S3. The molecule has 5 heterocycles. The zero-order valence-corrected chi connectivity index (χ0v) is 77.2. The van der Waals surface area contributed by atoms with Gasteiger partial charge >= 0.3 is 23.9 Å². The smallest absolute Gasteiger partial charge is 0.323 e. The largest absolute Gasteiger partial charge is 0.480 e. The second kappa shape index (κ2) is 47.4. The molecule has 0 spiro atoms. The lowest BCUT2D eigenvalue weighted by Crippen LogP contribution is -2.62. The SMILES string of the molecule is CC[C@H](NC(=O)[C@H](NC(=O)CN1CCN(CC(=O)O)CCN(CC(=O)O)CCN(CC(=O)O)CC1)C(=O)N[C@@H](CS(=O)(=O)O)C(=O)NCCCn1cc(C(=O)NCC(NS(=O)(=O)c2c(C)cc(C)cc2C)C(C)=O)c(=O)c2ccc(CNc3ncc[nH]3)cc21)C(=O)NCCCn1cc(C(=O)NCC(NS(=O)(=O)c2c(C)cc(C)cc2C)C(=O)O)c(=O)c2ccc(CNc3ncc[nH]3)cc21. The number of aliphatic carboxylic acids is 4. The highest BCUT2D eigenvalue weighted by Crippen LogP contribution is 2.26. The van der Waals surface area contributed by atoms with Crippen molar-refractivity contribution in [2.45, 2.75) is 141 Å². The topological polar surface area (TPSA) is 655 Å². The van der Waals surface area contributed by atoms with Crippen LogP contribution in [0.4, 0.5) is 11.9 Å². The fraction of sp³-hybridized carbons (Fsp3) is 0.435. The fourth-order valence-electron chi connectivity index (χ4n) is 15.5. The first-order valence-electron chi connectivity index (χ1n) is 42.5. The van der Waals surface area contributed by atoms with Crippen molar-refractivity contribution < 1.29 is 108 Å². The van der Waals surface area contributed by atoms with Crippen molar-refractivity contribution in [3.05, 3.63) is 174 Å². The van der Waals surface area contributed by atoms with Gasteiger partial charge in [0.25, 0.3) is 33.7 Å². The van der Waals surface area contributed by atoms with Crippen LogP contribution in [0.3, 0.4) is 0 Å². The summed E-state index contributed by atoms with van der Waals surface area (Å²) in [5, 5.41) is 62.7. The maximum absolute atomic E-state index is 15.0. The number of ketones is 1. The average molecular weight is 1920 g/mol. The lowest BCUT2D eigenvalue weighted by Gasteiger charge is -2.33. The molecule has 0 aliphatic carbocycles. The van der Waals surface area contributed by atoms with E-state index < -0.39 is 205 Å². The number of hydrogen-bond donors (Lipinski definition) is 18. The Morgan fingerprint density at radius 1 is 0.470 bits per heavy atom. The molecule has 46 nitrogen and oxygen atoms in total. The average Bonchev–Trinajstić information content (AvgIpc) is 0.950. The van der Waals surface area contributed by atoms with Crippen LogP contribution in [0.25, 0.3) is 21.8 Å². The number of sulfonamides is 2. The molecule has 724 valence electrons. The van der Waals surface area contributed by atoms with Crippen molar-refractivity contribution in [1.29, 1.82) is 0 Å². The minimum atomic E-state index is -5.29. The lowest BCUT2D eigenvalue weighted by atomic mass is 10.1. The van der Waals surface area contributed by atoms with Crippen LogP contribution in [0, 0.1) is 41.5 Å². The number of carboxylic acids is 4. The maximum Gasteiger partial charge on any atom is 0.323 e. The number of fused-ring (bicyclic) bond motifs is 2. The van der Waals surface area contributed by atoms with Crippen LogP contribution in [-0.2, 0) is 104 Å². The van der Waals surface area contributed by atoms with E-state index in [0.29, 0.717) is 45.3 Å². The molecule has 9 rings (SSSR count). The highest BCUT2D eigenvalue weighted by atomic mass is 32.2. The van der Waals surface area contributed by atoms with Crippen molar-refractivity contribution in [1.82, 2.24) is 95.3 Å². The Balaban J connectivity index is 0.960. The minimum Gasteiger partial charge on any atom is -0.480 e. The number of aromatic amines is 2. The molecule has 0 saturated carbocycles. The van der Waals surface area contributed by atoms with Gasteiger partial charge in [0.2, 0.25) is 48.6 Å². The lowest BCUT2D eigenvalue weighted by molar-refractivity contribution is -0.140. The van der Waals surface area contributed by atoms with Gasteiger partial charge < -0.3 is 87.4 Å². The molecular weight excluding hydrogens is 1810 g/mol. The molecule has 18 N–H and O–H groups in total. The molecule has 2 unspecified atom stereocenters. The molecule has 1 aliphatic rings. The van der Waals surface area contributed by atoms with Gasteiger partial charge in [-0.1, -0.05) is 54.4 Å². The third-order valence-electron chi connectivity index (χ3n) is 21.8. The number of aryl methyl sites for hydroxylation is 8. The molecule has 5 atom stereocenters. The third-order valence-corrected chi connectivity index (χ3v) is 26.1. The van der Waals surface area contributed by atoms with Gasteiger partial charge in [-0.05, 0) is 125 Å². The first kappa shape index (κ1) is 104. The van der Waals surface area contributed by atoms with Gasteiger partial charge in [0.15, 0.2) is 17.9 Å². The van der Waals surface area contributed by atoms with Gasteiger partial charge in [0.1, 0.15) is 40.8 Å². The van der Waals surface area contributed by atoms with Crippen LogP contribution in [0.5, 0.6) is 0 Å². The Morgan fingerprint density at radius 3 is 1.20 bits per heavy atom. The molecule has 1 aliphatic heterocycles. The Hall–Kier alpha value is -13.3. The van der Waals surface area contributed by atoms with E-state index in [1.54, 1.807) is 88.6 Å². The van der Waals surface area contributed by atoms with Crippen LogP contribution >= 0.6 is 0 Å². The van der Waals surface area contributed by atoms with E-state index >= 15 is 0 Å². The molecule has 1 fully saturated rings. The minimum absolute atomic E-state index is 0.00214. The summed E-state index contributed by atoms with van der Waals surface area (Å²) in [6.45, 7) is 7.31. The van der Waals surface area contributed by atoms with Crippen LogP contribution in [-0.4, -0.2) is 311 Å². The molecule has 7 amide bonds. The number of carbonyl (C=O) groups is 12. The van der Waals surface area contributed by atoms with Crippen LogP contribution < -0.4 is 68.2 Å². The Labute approximate surface area is 769 Å². The number of aromatic nitrogens is 6. The zero-order chi connectivity index (χ0) is 98.2. The van der Waals surface area contributed by atoms with E-state index in [-0.39, 0.29) is 136 Å². The number of rotatable bonds is 46. The number of nitrogens with zero attached hydrogens (tertiary/aromatic N) is 8. The van der Waals surface area contributed by atoms with Gasteiger partial charge in [-0.25, -0.2) is 26.8 Å². The number of imidazole rings is 2. The molecule has 8 aromatic rings. The second-order valence-electron chi connectivity index (χ2n) is 32.4. The van der Waals surface area contributed by atoms with E-state index in [9.17, 15) is 117 Å². The van der Waals surface area contributed by atoms with E-state index in [1.807, 2.05) is 0 Å². The summed E-state index contributed by atoms with van der Waals surface area (Å²) in [7, 11) is -14.2. The monoisotopic (exact) mass is 1920 g/mol. The number of amides is 7. The summed E-state index contributed by atoms with van der Waals surface area (Å²) in [5.74, 6) is -15.5. The van der Waals surface area contributed by atoms with Gasteiger partial charge in [-0.2, -0.15) is 17.9 Å². The van der Waals surface area contributed by atoms with Gasteiger partial charge in [-0.3, -0.25) is 91.3 Å². The predicted molar refractivity (Wildman–Crippen MR) is 487 cm³/mol. The molecule has 4 aromatic carbocycles. The van der Waals surface area contributed by atoms with Gasteiger partial charge in [-0.15, -0.1) is 0 Å². The third kappa shape index (κ3) is 30.1. The number of nitrogens with one attached hydrogen (secondary N) is 13. The predicted octanol–water partition coefficient (Wildman–Crippen LogP) is -1.39. The first-order chi connectivity index (χ1) is 63.3. The Morgan fingerprint density at radius 2 is 0.843 bits per heavy atom. The standard InChI is InChI=1S/C85H111N21O25S3/c1-9-62(79(119)86-16-10-22-105-43-61(74(116)59-15-13-57(37-67(59)105)39-95-85-90-20-21-91-85)78(118)93-41-64(83(123)124)100-134(130,131)76-53(6)34-50(3)35-54(76)7)96-81(121)72(98-68(108)44-101-24-26-102(45-69(109)110)28-30-104(47-71(113)114)31-29-103(27-25-101)46-70(111)112)82(122)97-65(48-132(125,126)127)80(120)87-17-11-23-106-42-60(73(115)58-14-12-56(36-66(58)106)38-94-84-88-18-19-89-84)77(117)92-40-63(55(8)107)99-133(128,129)75-51(4)32-49(2)33-52(75)5/h12-15,18-21,32-37,42-43,62-65,72,99-100H,9-11,16-17,22-31,38-41,44-48H2,1-8H3,(H,86,119)(H,87,120)(H,92,117)(H,93,118)(H,96,121)(H,97,122)(H,98,108)(H,109,110)(H,111,112)(H,113,114)(H,123,124)(H2,88,89,94)(H2,90,91,95)(H,125,126,127)/t62-,63?,64?,65-,72-/m0/s1. The number of benzene rings is 4. The molecule has 134 heavy (non-hydrogen) atoms. The molecule has 4 aromatic heterocycles. The van der Waals surface area contributed by atoms with E-state index in [2.05, 4.69) is 77.2 Å². The van der Waals surface area contributed by atoms with E-state index in [4.69, 9.17) is 0 Å². The number of anilines is 2. The number of carboxylic acid groups (broad SMARTS) is 4. The molecule has 0 bridgehead atoms. The highest BCUT2D eigenvalue weighted by Gasteiger charge is 2.38.